The molecule has 1 aromatic carbocycles. The number of nitrogens with zero attached hydrogens (tertiary/aromatic N) is 2. The number of aromatic nitrogens is 1. The Labute approximate surface area is 154 Å². The zero-order chi connectivity index (χ0) is 19.0. The smallest absolute Gasteiger partial charge is 0.256 e. The molecule has 1 aliphatic rings. The van der Waals surface area contributed by atoms with Crippen molar-refractivity contribution in [1.29, 1.82) is 0 Å². The Bertz CT molecular complexity index is 838. The molecule has 0 saturated carbocycles. The van der Waals surface area contributed by atoms with Crippen LogP contribution in [0.15, 0.2) is 18.2 Å². The molecule has 0 bridgehead atoms. The molecule has 26 heavy (non-hydrogen) atoms. The Morgan fingerprint density at radius 1 is 1.27 bits per heavy atom. The minimum Gasteiger partial charge on any atom is -0.358 e. The molecular formula is C20H28N4O2. The van der Waals surface area contributed by atoms with Crippen molar-refractivity contribution in [2.75, 3.05) is 19.6 Å². The molecule has 2 heterocycles. The molecular weight excluding hydrogens is 328 g/mol. The first kappa shape index (κ1) is 18.5. The van der Waals surface area contributed by atoms with Gasteiger partial charge in [-0.05, 0) is 45.7 Å². The Morgan fingerprint density at radius 2 is 1.96 bits per heavy atom. The van der Waals surface area contributed by atoms with E-state index >= 15 is 0 Å². The van der Waals surface area contributed by atoms with Crippen LogP contribution in [-0.2, 0) is 4.79 Å². The molecule has 0 aliphatic carbocycles. The van der Waals surface area contributed by atoms with Gasteiger partial charge in [-0.2, -0.15) is 0 Å². The van der Waals surface area contributed by atoms with Crippen LogP contribution in [0.2, 0.25) is 0 Å². The number of aromatic amines is 1. The quantitative estimate of drug-likeness (QED) is 0.881. The molecule has 2 aromatic rings. The van der Waals surface area contributed by atoms with Gasteiger partial charge in [0.2, 0.25) is 5.91 Å². The largest absolute Gasteiger partial charge is 0.358 e. The third kappa shape index (κ3) is 2.98. The van der Waals surface area contributed by atoms with Crippen LogP contribution in [0.3, 0.4) is 0 Å². The number of carbonyl (C=O) groups is 2. The number of likely N-dealkylation sites (N-methyl/N-ethyl adjacent to an activating group) is 1. The fraction of sp³-hybridized carbons (Fsp3) is 0.500. The lowest BCUT2D eigenvalue weighted by atomic mass is 10.1. The fourth-order valence-corrected chi connectivity index (χ4v) is 3.89. The van der Waals surface area contributed by atoms with Crippen molar-refractivity contribution in [1.82, 2.24) is 14.8 Å². The van der Waals surface area contributed by atoms with Crippen LogP contribution in [0.5, 0.6) is 0 Å². The Morgan fingerprint density at radius 3 is 2.62 bits per heavy atom. The van der Waals surface area contributed by atoms with Crippen LogP contribution in [0.1, 0.15) is 41.9 Å². The second-order valence-electron chi connectivity index (χ2n) is 7.08. The highest BCUT2D eigenvalue weighted by Crippen LogP contribution is 2.28. The number of nitrogens with two attached hydrogens (primary N) is 1. The van der Waals surface area contributed by atoms with Crippen molar-refractivity contribution in [2.45, 2.75) is 46.2 Å². The number of rotatable bonds is 4. The van der Waals surface area contributed by atoms with E-state index in [0.717, 1.165) is 22.2 Å². The lowest BCUT2D eigenvalue weighted by Gasteiger charge is -2.29. The summed E-state index contributed by atoms with van der Waals surface area (Å²) >= 11 is 0. The van der Waals surface area contributed by atoms with Crippen molar-refractivity contribution in [3.8, 4) is 0 Å². The normalized spacial score (nSPS) is 20.0. The van der Waals surface area contributed by atoms with Gasteiger partial charge in [-0.15, -0.1) is 0 Å². The Hall–Kier alpha value is -2.34. The molecule has 1 fully saturated rings. The van der Waals surface area contributed by atoms with E-state index in [2.05, 4.69) is 4.98 Å². The lowest BCUT2D eigenvalue weighted by Crippen LogP contribution is -2.47. The summed E-state index contributed by atoms with van der Waals surface area (Å²) in [4.78, 5) is 33.0. The SMILES string of the molecule is CCN(CC)C(=O)[C@@H]1C[C@@H](N)CN1C(=O)c1cccc2c(C)c(C)[nH]c12. The number of fused-ring (bicyclic) bond motifs is 1. The fourth-order valence-electron chi connectivity index (χ4n) is 3.89. The standard InChI is InChI=1S/C20H28N4O2/c1-5-23(6-2)20(26)17-10-14(21)11-24(17)19(25)16-9-7-8-15-12(3)13(4)22-18(15)16/h7-9,14,17,22H,5-6,10-11,21H2,1-4H3/t14-,17+/m1/s1. The van der Waals surface area contributed by atoms with Gasteiger partial charge in [0.05, 0.1) is 11.1 Å². The molecule has 1 aliphatic heterocycles. The monoisotopic (exact) mass is 356 g/mol. The van der Waals surface area contributed by atoms with E-state index in [1.54, 1.807) is 9.80 Å². The van der Waals surface area contributed by atoms with Gasteiger partial charge in [0, 0.05) is 36.8 Å². The Balaban J connectivity index is 1.98. The highest BCUT2D eigenvalue weighted by Gasteiger charge is 2.40. The van der Waals surface area contributed by atoms with Crippen LogP contribution in [0.4, 0.5) is 0 Å². The van der Waals surface area contributed by atoms with Crippen molar-refractivity contribution < 1.29 is 9.59 Å². The number of H-pyrrole nitrogens is 1. The zero-order valence-corrected chi connectivity index (χ0v) is 16.0. The van der Waals surface area contributed by atoms with Crippen LogP contribution in [0, 0.1) is 13.8 Å². The number of aryl methyl sites for hydroxylation is 2. The first-order chi connectivity index (χ1) is 12.4. The first-order valence-corrected chi connectivity index (χ1v) is 9.32. The molecule has 1 aromatic heterocycles. The maximum Gasteiger partial charge on any atom is 0.256 e. The molecule has 0 spiro atoms. The van der Waals surface area contributed by atoms with Gasteiger partial charge in [-0.25, -0.2) is 0 Å². The summed E-state index contributed by atoms with van der Waals surface area (Å²) in [5, 5.41) is 1.04. The molecule has 3 rings (SSSR count). The number of likely N-dealkylation sites (tertiary alicyclic amines) is 1. The summed E-state index contributed by atoms with van der Waals surface area (Å²) in [5.41, 5.74) is 9.75. The predicted molar refractivity (Wildman–Crippen MR) is 103 cm³/mol. The molecule has 140 valence electrons. The van der Waals surface area contributed by atoms with Crippen molar-refractivity contribution >= 4 is 22.7 Å². The summed E-state index contributed by atoms with van der Waals surface area (Å²) in [6.07, 6.45) is 0.514. The van der Waals surface area contributed by atoms with E-state index in [0.29, 0.717) is 31.6 Å². The highest BCUT2D eigenvalue weighted by atomic mass is 16.2. The highest BCUT2D eigenvalue weighted by molar-refractivity contribution is 6.08. The molecule has 2 amide bonds. The number of nitrogens with one attached hydrogen (secondary N) is 1. The van der Waals surface area contributed by atoms with Gasteiger partial charge >= 0.3 is 0 Å². The van der Waals surface area contributed by atoms with Crippen molar-refractivity contribution in [3.05, 3.63) is 35.0 Å². The summed E-state index contributed by atoms with van der Waals surface area (Å²) in [6.45, 7) is 9.62. The zero-order valence-electron chi connectivity index (χ0n) is 16.0. The van der Waals surface area contributed by atoms with Gasteiger partial charge in [0.25, 0.3) is 5.91 Å². The van der Waals surface area contributed by atoms with E-state index in [4.69, 9.17) is 5.73 Å². The molecule has 0 unspecified atom stereocenters. The van der Waals surface area contributed by atoms with Gasteiger partial charge in [0.15, 0.2) is 0 Å². The van der Waals surface area contributed by atoms with E-state index < -0.39 is 6.04 Å². The van der Waals surface area contributed by atoms with Crippen molar-refractivity contribution in [2.24, 2.45) is 5.73 Å². The maximum absolute atomic E-state index is 13.3. The summed E-state index contributed by atoms with van der Waals surface area (Å²) in [7, 11) is 0. The second kappa shape index (κ2) is 7.11. The predicted octanol–water partition coefficient (Wildman–Crippen LogP) is 2.19. The number of hydrogen-bond donors (Lipinski definition) is 2. The van der Waals surface area contributed by atoms with Gasteiger partial charge in [0.1, 0.15) is 6.04 Å². The van der Waals surface area contributed by atoms with Gasteiger partial charge in [-0.3, -0.25) is 9.59 Å². The lowest BCUT2D eigenvalue weighted by molar-refractivity contribution is -0.134. The molecule has 3 N–H and O–H groups in total. The van der Waals surface area contributed by atoms with Gasteiger partial charge < -0.3 is 20.5 Å². The molecule has 1 saturated heterocycles. The number of benzene rings is 1. The minimum atomic E-state index is -0.482. The maximum atomic E-state index is 13.3. The average molecular weight is 356 g/mol. The van der Waals surface area contributed by atoms with Crippen LogP contribution >= 0.6 is 0 Å². The number of hydrogen-bond acceptors (Lipinski definition) is 3. The molecule has 6 heteroatoms. The first-order valence-electron chi connectivity index (χ1n) is 9.32. The third-order valence-corrected chi connectivity index (χ3v) is 5.53. The van der Waals surface area contributed by atoms with Crippen LogP contribution < -0.4 is 5.73 Å². The number of amides is 2. The van der Waals surface area contributed by atoms with Gasteiger partial charge in [-0.1, -0.05) is 12.1 Å². The Kier molecular flexibility index (Phi) is 5.05. The molecule has 6 nitrogen and oxygen atoms in total. The topological polar surface area (TPSA) is 82.4 Å². The van der Waals surface area contributed by atoms with Crippen molar-refractivity contribution in [3.63, 3.8) is 0 Å². The summed E-state index contributed by atoms with van der Waals surface area (Å²) < 4.78 is 0. The van der Waals surface area contributed by atoms with Crippen LogP contribution in [0.25, 0.3) is 10.9 Å². The summed E-state index contributed by atoms with van der Waals surface area (Å²) in [5.74, 6) is -0.141. The van der Waals surface area contributed by atoms with E-state index in [-0.39, 0.29) is 17.9 Å². The molecule has 0 radical (unpaired) electrons. The third-order valence-electron chi connectivity index (χ3n) is 5.53. The van der Waals surface area contributed by atoms with Crippen LogP contribution in [-0.4, -0.2) is 58.3 Å². The second-order valence-corrected chi connectivity index (χ2v) is 7.08. The van der Waals surface area contributed by atoms with E-state index in [1.165, 1.54) is 0 Å². The summed E-state index contributed by atoms with van der Waals surface area (Å²) in [6, 6.07) is 5.08. The van der Waals surface area contributed by atoms with E-state index in [9.17, 15) is 9.59 Å². The molecule has 2 atom stereocenters. The number of carbonyl (C=O) groups excluding carboxylic acids is 2. The van der Waals surface area contributed by atoms with E-state index in [1.807, 2.05) is 45.9 Å². The number of para-hydroxylation sites is 1. The minimum absolute atomic E-state index is 0.0117. The average Bonchev–Trinajstić information content (AvgIpc) is 3.16.